The van der Waals surface area contributed by atoms with E-state index in [0.717, 1.165) is 32.4 Å². The van der Waals surface area contributed by atoms with Crippen molar-refractivity contribution in [3.05, 3.63) is 0 Å². The van der Waals surface area contributed by atoms with Crippen LogP contribution in [0.1, 0.15) is 26.2 Å². The highest BCUT2D eigenvalue weighted by atomic mass is 32.2. The molecule has 16 heavy (non-hydrogen) atoms. The van der Waals surface area contributed by atoms with Gasteiger partial charge in [-0.05, 0) is 25.8 Å². The van der Waals surface area contributed by atoms with E-state index in [2.05, 4.69) is 10.6 Å². The minimum Gasteiger partial charge on any atom is -0.356 e. The molecule has 0 spiro atoms. The van der Waals surface area contributed by atoms with Crippen LogP contribution < -0.4 is 10.6 Å². The first-order valence-electron chi connectivity index (χ1n) is 5.92. The molecule has 3 atom stereocenters. The molecule has 0 bridgehead atoms. The van der Waals surface area contributed by atoms with Crippen LogP contribution in [0.25, 0.3) is 0 Å². The van der Waals surface area contributed by atoms with Gasteiger partial charge in [0.1, 0.15) is 0 Å². The van der Waals surface area contributed by atoms with Crippen LogP contribution in [0.4, 0.5) is 0 Å². The second kappa shape index (κ2) is 7.01. The van der Waals surface area contributed by atoms with Crippen LogP contribution in [0.3, 0.4) is 0 Å². The Morgan fingerprint density at radius 2 is 2.38 bits per heavy atom. The molecule has 2 N–H and O–H groups in total. The summed E-state index contributed by atoms with van der Waals surface area (Å²) in [6, 6.07) is 0. The largest absolute Gasteiger partial charge is 0.356 e. The number of hydrogen-bond acceptors (Lipinski definition) is 3. The van der Waals surface area contributed by atoms with Gasteiger partial charge in [-0.15, -0.1) is 0 Å². The van der Waals surface area contributed by atoms with E-state index in [4.69, 9.17) is 0 Å². The maximum Gasteiger partial charge on any atom is 0.224 e. The summed E-state index contributed by atoms with van der Waals surface area (Å²) >= 11 is 0. The molecule has 0 aliphatic carbocycles. The summed E-state index contributed by atoms with van der Waals surface area (Å²) in [5, 5.41) is 6.31. The molecule has 0 saturated carbocycles. The molecule has 1 aliphatic rings. The molecule has 4 nitrogen and oxygen atoms in total. The summed E-state index contributed by atoms with van der Waals surface area (Å²) in [6.45, 7) is 4.40. The molecule has 1 rings (SSSR count). The smallest absolute Gasteiger partial charge is 0.224 e. The van der Waals surface area contributed by atoms with Crippen molar-refractivity contribution in [2.75, 3.05) is 25.9 Å². The highest BCUT2D eigenvalue weighted by molar-refractivity contribution is 7.84. The van der Waals surface area contributed by atoms with E-state index in [9.17, 15) is 9.00 Å². The maximum atomic E-state index is 11.7. The van der Waals surface area contributed by atoms with Crippen molar-refractivity contribution < 1.29 is 9.00 Å². The lowest BCUT2D eigenvalue weighted by Crippen LogP contribution is -2.41. The number of nitrogens with one attached hydrogen (secondary N) is 2. The molecule has 94 valence electrons. The second-order valence-electron chi connectivity index (χ2n) is 4.43. The number of piperidine rings is 1. The Morgan fingerprint density at radius 1 is 1.62 bits per heavy atom. The lowest BCUT2D eigenvalue weighted by molar-refractivity contribution is -0.125. The van der Waals surface area contributed by atoms with Crippen LogP contribution in [0, 0.1) is 5.92 Å². The SMILES string of the molecule is CC(CCNC(=O)[C@@H]1CCCNC1)S(C)=O. The lowest BCUT2D eigenvalue weighted by atomic mass is 9.99. The van der Waals surface area contributed by atoms with Gasteiger partial charge in [0.2, 0.25) is 5.91 Å². The van der Waals surface area contributed by atoms with Crippen molar-refractivity contribution in [3.8, 4) is 0 Å². The average Bonchev–Trinajstić information content (AvgIpc) is 2.29. The van der Waals surface area contributed by atoms with Crippen molar-refractivity contribution in [3.63, 3.8) is 0 Å². The third-order valence-corrected chi connectivity index (χ3v) is 4.45. The minimum atomic E-state index is -0.793. The molecule has 1 amide bonds. The molecular formula is C11H22N2O2S. The molecule has 5 heteroatoms. The van der Waals surface area contributed by atoms with Gasteiger partial charge in [-0.1, -0.05) is 6.92 Å². The number of carbonyl (C=O) groups excluding carboxylic acids is 1. The molecule has 2 unspecified atom stereocenters. The Bertz CT molecular complexity index is 252. The van der Waals surface area contributed by atoms with E-state index < -0.39 is 10.8 Å². The van der Waals surface area contributed by atoms with Gasteiger partial charge in [-0.3, -0.25) is 9.00 Å². The summed E-state index contributed by atoms with van der Waals surface area (Å²) in [5.74, 6) is 0.262. The fourth-order valence-corrected chi connectivity index (χ4v) is 2.23. The van der Waals surface area contributed by atoms with Crippen LogP contribution >= 0.6 is 0 Å². The van der Waals surface area contributed by atoms with Gasteiger partial charge in [0.15, 0.2) is 0 Å². The highest BCUT2D eigenvalue weighted by Gasteiger charge is 2.20. The number of hydrogen-bond donors (Lipinski definition) is 2. The summed E-state index contributed by atoms with van der Waals surface area (Å²) in [5.41, 5.74) is 0. The fourth-order valence-electron chi connectivity index (χ4n) is 1.78. The monoisotopic (exact) mass is 246 g/mol. The summed E-state index contributed by atoms with van der Waals surface area (Å²) in [4.78, 5) is 11.7. The molecule has 1 aliphatic heterocycles. The molecule has 0 aromatic carbocycles. The van der Waals surface area contributed by atoms with Crippen molar-refractivity contribution in [1.29, 1.82) is 0 Å². The van der Waals surface area contributed by atoms with Crippen LogP contribution in [0.15, 0.2) is 0 Å². The Balaban J connectivity index is 2.16. The molecule has 1 saturated heterocycles. The van der Waals surface area contributed by atoms with Gasteiger partial charge in [-0.2, -0.15) is 0 Å². The third-order valence-electron chi connectivity index (χ3n) is 3.08. The standard InChI is InChI=1S/C11H22N2O2S/c1-9(16(2)15)5-7-13-11(14)10-4-3-6-12-8-10/h9-10,12H,3-8H2,1-2H3,(H,13,14)/t9?,10-,16?/m1/s1. The zero-order chi connectivity index (χ0) is 12.0. The summed E-state index contributed by atoms with van der Waals surface area (Å²) in [6.07, 6.45) is 4.55. The van der Waals surface area contributed by atoms with Crippen LogP contribution in [-0.4, -0.2) is 41.3 Å². The van der Waals surface area contributed by atoms with Crippen LogP contribution in [0.5, 0.6) is 0 Å². The Labute approximate surface area is 100 Å². The minimum absolute atomic E-state index is 0.121. The first-order valence-corrected chi connectivity index (χ1v) is 7.54. The predicted molar refractivity (Wildman–Crippen MR) is 66.7 cm³/mol. The first-order chi connectivity index (χ1) is 7.61. The van der Waals surface area contributed by atoms with E-state index in [1.54, 1.807) is 6.26 Å². The number of carbonyl (C=O) groups is 1. The average molecular weight is 246 g/mol. The maximum absolute atomic E-state index is 11.7. The molecule has 0 aromatic heterocycles. The second-order valence-corrected chi connectivity index (χ2v) is 6.23. The molecule has 1 heterocycles. The van der Waals surface area contributed by atoms with Crippen molar-refractivity contribution >= 4 is 16.7 Å². The molecule has 1 fully saturated rings. The van der Waals surface area contributed by atoms with Crippen molar-refractivity contribution in [2.24, 2.45) is 5.92 Å². The van der Waals surface area contributed by atoms with Gasteiger partial charge in [0.25, 0.3) is 0 Å². The summed E-state index contributed by atoms with van der Waals surface area (Å²) < 4.78 is 11.1. The van der Waals surface area contributed by atoms with E-state index >= 15 is 0 Å². The van der Waals surface area contributed by atoms with Gasteiger partial charge in [0, 0.05) is 35.4 Å². The number of amides is 1. The topological polar surface area (TPSA) is 58.2 Å². The predicted octanol–water partition coefficient (Wildman–Crippen LogP) is 0.259. The zero-order valence-corrected chi connectivity index (χ0v) is 10.9. The van der Waals surface area contributed by atoms with Crippen molar-refractivity contribution in [2.45, 2.75) is 31.4 Å². The number of rotatable bonds is 5. The van der Waals surface area contributed by atoms with E-state index in [0.29, 0.717) is 6.54 Å². The Morgan fingerprint density at radius 3 is 2.94 bits per heavy atom. The lowest BCUT2D eigenvalue weighted by Gasteiger charge is -2.22. The molecule has 0 aromatic rings. The van der Waals surface area contributed by atoms with E-state index in [1.807, 2.05) is 6.92 Å². The highest BCUT2D eigenvalue weighted by Crippen LogP contribution is 2.09. The quantitative estimate of drug-likeness (QED) is 0.731. The van der Waals surface area contributed by atoms with Gasteiger partial charge in [0.05, 0.1) is 5.92 Å². The van der Waals surface area contributed by atoms with Gasteiger partial charge < -0.3 is 10.6 Å². The van der Waals surface area contributed by atoms with Crippen LogP contribution in [-0.2, 0) is 15.6 Å². The van der Waals surface area contributed by atoms with Crippen LogP contribution in [0.2, 0.25) is 0 Å². The Hall–Kier alpha value is -0.420. The fraction of sp³-hybridized carbons (Fsp3) is 0.909. The normalized spacial score (nSPS) is 24.8. The Kier molecular flexibility index (Phi) is 5.98. The zero-order valence-electron chi connectivity index (χ0n) is 10.1. The van der Waals surface area contributed by atoms with E-state index in [-0.39, 0.29) is 17.1 Å². The first kappa shape index (κ1) is 13.6. The van der Waals surface area contributed by atoms with Gasteiger partial charge in [-0.25, -0.2) is 0 Å². The van der Waals surface area contributed by atoms with E-state index in [1.165, 1.54) is 0 Å². The van der Waals surface area contributed by atoms with Gasteiger partial charge >= 0.3 is 0 Å². The third kappa shape index (κ3) is 4.61. The van der Waals surface area contributed by atoms with Crippen molar-refractivity contribution in [1.82, 2.24) is 10.6 Å². The molecular weight excluding hydrogens is 224 g/mol. The summed E-state index contributed by atoms with van der Waals surface area (Å²) in [7, 11) is -0.793. The molecule has 0 radical (unpaired) electrons.